The Morgan fingerprint density at radius 1 is 0.508 bits per heavy atom. The van der Waals surface area contributed by atoms with E-state index in [9.17, 15) is 29.7 Å². The molecule has 6 saturated heterocycles. The second-order valence-corrected chi connectivity index (χ2v) is 36.4. The van der Waals surface area contributed by atoms with Gasteiger partial charge in [-0.05, 0) is 166 Å². The molecule has 9 aliphatic heterocycles. The summed E-state index contributed by atoms with van der Waals surface area (Å²) in [5.74, 6) is 3.22. The summed E-state index contributed by atoms with van der Waals surface area (Å²) < 4.78 is 12.7. The maximum atomic E-state index is 13.1. The predicted octanol–water partition coefficient (Wildman–Crippen LogP) is 9.87. The maximum Gasteiger partial charge on any atom is 0.318 e. The molecule has 682 valence electrons. The maximum absolute atomic E-state index is 13.1. The SMILES string of the molecule is C=CC(=O)N1CCN(c2nc(N3CC[C@H](N(C)C)C3)nc3c2CCN(c2cccc4ccccc24)C3)C[C@@H]1CC#N.Cc1cccc(N2CCc3c(nc(OC[C@@H]4CCCN4C)nc3N3CCN(C(=O)/C=C/CN(C)C)[C@@H](CC#N)C3)C2)c1C.[C-]#[N+]CC1CN(c2nc(OC[C@@H]3CCCN3CC(=O)N(C)C)nc3c2CCN(c2cccc4ccccc24)C3)CCN1C(=O)C=C. The highest BCUT2D eigenvalue weighted by Gasteiger charge is 2.40. The van der Waals surface area contributed by atoms with Crippen LogP contribution in [0.4, 0.5) is 40.5 Å². The number of carbonyl (C=O) groups excluding carboxylic acids is 4. The Balaban J connectivity index is 0.000000150. The summed E-state index contributed by atoms with van der Waals surface area (Å²) in [7, 11) is 13.9. The lowest BCUT2D eigenvalue weighted by Crippen LogP contribution is -2.56. The van der Waals surface area contributed by atoms with Crippen LogP contribution in [0.2, 0.25) is 0 Å². The molecule has 1 unspecified atom stereocenters. The summed E-state index contributed by atoms with van der Waals surface area (Å²) in [6.07, 6.45) is 14.5. The molecule has 0 radical (unpaired) electrons. The number of nitrogens with zero attached hydrogens (tertiary/aromatic N) is 24. The lowest BCUT2D eigenvalue weighted by Gasteiger charge is -2.42. The number of fused-ring (bicyclic) bond motifs is 5. The number of benzene rings is 5. The minimum absolute atomic E-state index is 0.0414. The van der Waals surface area contributed by atoms with Crippen LogP contribution in [0.1, 0.15) is 89.8 Å². The zero-order valence-electron chi connectivity index (χ0n) is 77.2. The minimum Gasteiger partial charge on any atom is -0.462 e. The average molecular weight is 1760 g/mol. The summed E-state index contributed by atoms with van der Waals surface area (Å²) in [6.45, 7) is 34.9. The van der Waals surface area contributed by atoms with Crippen LogP contribution in [-0.4, -0.2) is 316 Å². The lowest BCUT2D eigenvalue weighted by atomic mass is 10.0. The molecule has 3 aromatic heterocycles. The summed E-state index contributed by atoms with van der Waals surface area (Å²) in [6, 6.07) is 42.0. The van der Waals surface area contributed by atoms with Gasteiger partial charge in [-0.1, -0.05) is 104 Å². The van der Waals surface area contributed by atoms with E-state index < -0.39 is 0 Å². The number of hydrogen-bond donors (Lipinski definition) is 0. The second kappa shape index (κ2) is 42.4. The number of anilines is 7. The van der Waals surface area contributed by atoms with E-state index in [1.165, 1.54) is 73.9 Å². The number of aryl methyl sites for hydroxylation is 1. The third kappa shape index (κ3) is 21.1. The molecule has 8 aromatic rings. The largest absolute Gasteiger partial charge is 0.462 e. The molecule has 0 spiro atoms. The standard InChI is InChI=1S/C35H42N8O3.C33H46N8O2.C32H38N8O/c1-5-32(44)43-19-18-42(21-27(43)20-36-2)34-29-15-17-41(31-14-8-11-25-10-6-7-13-28(25)31)22-30(29)37-35(38-34)46-24-26-12-9-16-40(26)23-33(45)39(3)4;1-24-9-6-11-30(25(24)2)39-18-14-28-29(22-39)35-33(43-23-27-10-7-17-38(27)5)36-32(28)40-19-20-41(26(21-40)13-15-34)31(42)12-8-16-37(3)4;1-4-30(41)40-19-18-38(21-25(40)12-15-33)31-27-14-17-37(29-11-7-9-23-8-5-6-10-26(23)29)22-28(27)34-32(35-31)39-16-13-24(20-39)36(2)3/h5-8,10-11,13-14,26-27H,1,9,12,15-24H2,3-4H3;6,8-9,11-12,26-27H,7,10,13-14,16-23H2,1-5H3;4-11,24-25H,1,12-14,16-22H2,2-3H3/b;12-8+;/t26-,27?;26-,27-;24-,25-/m000/s1. The second-order valence-electron chi connectivity index (χ2n) is 36.4. The number of rotatable bonds is 24. The Hall–Kier alpha value is -12.5. The first-order valence-corrected chi connectivity index (χ1v) is 46.1. The van der Waals surface area contributed by atoms with Gasteiger partial charge in [-0.3, -0.25) is 24.1 Å². The summed E-state index contributed by atoms with van der Waals surface area (Å²) in [4.78, 5) is 117. The fraction of sp³-hybridized carbons (Fsp3) is 0.490. The monoisotopic (exact) mass is 1760 g/mol. The highest BCUT2D eigenvalue weighted by atomic mass is 16.5. The molecule has 9 aliphatic rings. The van der Waals surface area contributed by atoms with Crippen molar-refractivity contribution in [1.82, 2.24) is 69.1 Å². The van der Waals surface area contributed by atoms with Crippen LogP contribution in [0.3, 0.4) is 0 Å². The van der Waals surface area contributed by atoms with E-state index in [1.807, 2.05) is 30.0 Å². The van der Waals surface area contributed by atoms with Crippen molar-refractivity contribution in [3.63, 3.8) is 0 Å². The van der Waals surface area contributed by atoms with Gasteiger partial charge in [0.1, 0.15) is 36.7 Å². The summed E-state index contributed by atoms with van der Waals surface area (Å²) >= 11 is 0. The van der Waals surface area contributed by atoms with E-state index >= 15 is 0 Å². The molecule has 30 heteroatoms. The molecule has 5 aromatic carbocycles. The number of aromatic nitrogens is 6. The van der Waals surface area contributed by atoms with E-state index in [0.29, 0.717) is 129 Å². The third-order valence-electron chi connectivity index (χ3n) is 27.4. The molecular formula is C100H126N24O6. The minimum atomic E-state index is -0.260. The van der Waals surface area contributed by atoms with Crippen molar-refractivity contribution < 1.29 is 28.7 Å². The van der Waals surface area contributed by atoms with Crippen LogP contribution in [0.15, 0.2) is 141 Å². The number of likely N-dealkylation sites (N-methyl/N-ethyl adjacent to an activating group) is 4. The third-order valence-corrected chi connectivity index (χ3v) is 27.4. The number of amides is 4. The molecule has 12 heterocycles. The van der Waals surface area contributed by atoms with Gasteiger partial charge >= 0.3 is 12.0 Å². The zero-order valence-corrected chi connectivity index (χ0v) is 77.2. The van der Waals surface area contributed by atoms with Crippen molar-refractivity contribution in [1.29, 1.82) is 10.5 Å². The van der Waals surface area contributed by atoms with Crippen molar-refractivity contribution in [3.05, 3.63) is 197 Å². The van der Waals surface area contributed by atoms with Gasteiger partial charge in [-0.15, -0.1) is 0 Å². The molecule has 6 fully saturated rings. The number of ether oxygens (including phenoxy) is 2. The Morgan fingerprint density at radius 3 is 1.49 bits per heavy atom. The first-order chi connectivity index (χ1) is 63.1. The molecule has 0 bridgehead atoms. The van der Waals surface area contributed by atoms with Gasteiger partial charge in [0, 0.05) is 181 Å². The van der Waals surface area contributed by atoms with Crippen molar-refractivity contribution in [2.24, 2.45) is 0 Å². The fourth-order valence-corrected chi connectivity index (χ4v) is 19.9. The van der Waals surface area contributed by atoms with E-state index in [-0.39, 0.29) is 67.2 Å². The van der Waals surface area contributed by atoms with E-state index in [0.717, 1.165) is 142 Å². The smallest absolute Gasteiger partial charge is 0.318 e. The summed E-state index contributed by atoms with van der Waals surface area (Å²) in [5, 5.41) is 24.1. The molecule has 6 atom stereocenters. The van der Waals surface area contributed by atoms with E-state index in [2.05, 4.69) is 217 Å². The topological polar surface area (TPSA) is 265 Å². The van der Waals surface area contributed by atoms with Gasteiger partial charge in [0.05, 0.1) is 80.3 Å². The quantitative estimate of drug-likeness (QED) is 0.0402. The van der Waals surface area contributed by atoms with Crippen molar-refractivity contribution in [3.8, 4) is 24.2 Å². The molecule has 30 nitrogen and oxygen atoms in total. The Kier molecular flexibility index (Phi) is 30.0. The van der Waals surface area contributed by atoms with Crippen LogP contribution in [-0.2, 0) is 58.1 Å². The number of likely N-dealkylation sites (tertiary alicyclic amines) is 2. The van der Waals surface area contributed by atoms with Gasteiger partial charge in [-0.2, -0.15) is 35.4 Å². The average Bonchev–Trinajstić information content (AvgIpc) is 0.917. The van der Waals surface area contributed by atoms with Crippen molar-refractivity contribution >= 4 is 85.6 Å². The molecule has 0 aliphatic carbocycles. The predicted molar refractivity (Wildman–Crippen MR) is 512 cm³/mol. The van der Waals surface area contributed by atoms with Gasteiger partial charge < -0.3 is 82.9 Å². The Labute approximate surface area is 766 Å². The van der Waals surface area contributed by atoms with Crippen molar-refractivity contribution in [2.45, 2.75) is 134 Å². The molecular weight excluding hydrogens is 1630 g/mol. The van der Waals surface area contributed by atoms with Gasteiger partial charge in [0.15, 0.2) is 0 Å². The Morgan fingerprint density at radius 2 is 0.985 bits per heavy atom. The summed E-state index contributed by atoms with van der Waals surface area (Å²) in [5.41, 5.74) is 12.6. The highest BCUT2D eigenvalue weighted by Crippen LogP contribution is 2.41. The fourth-order valence-electron chi connectivity index (χ4n) is 19.9. The number of nitriles is 2. The van der Waals surface area contributed by atoms with Crippen LogP contribution in [0.5, 0.6) is 12.0 Å². The molecule has 17 rings (SSSR count). The first-order valence-electron chi connectivity index (χ1n) is 46.1. The lowest BCUT2D eigenvalue weighted by molar-refractivity contribution is -0.130. The normalized spacial score (nSPS) is 20.6. The van der Waals surface area contributed by atoms with Crippen LogP contribution in [0, 0.1) is 43.1 Å². The van der Waals surface area contributed by atoms with Crippen LogP contribution in [0.25, 0.3) is 26.4 Å². The van der Waals surface area contributed by atoms with Gasteiger partial charge in [0.2, 0.25) is 36.1 Å². The Bertz CT molecular complexity index is 5580. The van der Waals surface area contributed by atoms with Crippen LogP contribution < -0.4 is 43.8 Å². The van der Waals surface area contributed by atoms with Crippen molar-refractivity contribution in [2.75, 3.05) is 221 Å². The number of hydrogen-bond acceptors (Lipinski definition) is 25. The first kappa shape index (κ1) is 92.2. The zero-order chi connectivity index (χ0) is 91.2. The molecule has 130 heavy (non-hydrogen) atoms. The number of carbonyl (C=O) groups is 4. The molecule has 0 saturated carbocycles. The van der Waals surface area contributed by atoms with Crippen LogP contribution >= 0.6 is 0 Å². The van der Waals surface area contributed by atoms with E-state index in [4.69, 9.17) is 45.9 Å². The van der Waals surface area contributed by atoms with Gasteiger partial charge in [-0.25, -0.2) is 11.6 Å². The van der Waals surface area contributed by atoms with E-state index in [1.54, 1.807) is 34.9 Å². The van der Waals surface area contributed by atoms with Gasteiger partial charge in [0.25, 0.3) is 0 Å². The number of piperazine rings is 3. The highest BCUT2D eigenvalue weighted by molar-refractivity contribution is 5.96. The molecule has 0 N–H and O–H groups in total. The molecule has 4 amide bonds.